The molecule has 0 spiro atoms. The molecule has 1 aliphatic heterocycles. The van der Waals surface area contributed by atoms with E-state index in [9.17, 15) is 4.79 Å². The molecule has 1 aromatic carbocycles. The highest BCUT2D eigenvalue weighted by molar-refractivity contribution is 9.09. The van der Waals surface area contributed by atoms with Gasteiger partial charge < -0.3 is 4.90 Å². The number of aryl methyl sites for hydroxylation is 1. The van der Waals surface area contributed by atoms with E-state index in [2.05, 4.69) is 28.9 Å². The first-order valence-corrected chi connectivity index (χ1v) is 7.00. The SMILES string of the molecule is Cc1cccc(C(=O)N2CCC(Br)CC2)c1C. The molecular formula is C14H18BrNO. The van der Waals surface area contributed by atoms with Crippen LogP contribution in [0.15, 0.2) is 18.2 Å². The second-order valence-corrected chi connectivity index (χ2v) is 6.01. The molecule has 0 bridgehead atoms. The molecule has 2 rings (SSSR count). The van der Waals surface area contributed by atoms with E-state index < -0.39 is 0 Å². The Morgan fingerprint density at radius 3 is 2.59 bits per heavy atom. The molecule has 3 heteroatoms. The van der Waals surface area contributed by atoms with Crippen molar-refractivity contribution in [3.05, 3.63) is 34.9 Å². The maximum absolute atomic E-state index is 12.4. The van der Waals surface area contributed by atoms with Crippen LogP contribution >= 0.6 is 15.9 Å². The predicted molar refractivity (Wildman–Crippen MR) is 73.8 cm³/mol. The number of likely N-dealkylation sites (tertiary alicyclic amines) is 1. The molecule has 17 heavy (non-hydrogen) atoms. The van der Waals surface area contributed by atoms with Crippen LogP contribution in [0.5, 0.6) is 0 Å². The van der Waals surface area contributed by atoms with Crippen molar-refractivity contribution >= 4 is 21.8 Å². The van der Waals surface area contributed by atoms with Gasteiger partial charge in [-0.15, -0.1) is 0 Å². The van der Waals surface area contributed by atoms with Gasteiger partial charge in [0.1, 0.15) is 0 Å². The lowest BCUT2D eigenvalue weighted by Gasteiger charge is -2.30. The summed E-state index contributed by atoms with van der Waals surface area (Å²) in [5, 5.41) is 0. The molecule has 1 fully saturated rings. The standard InChI is InChI=1S/C14H18BrNO/c1-10-4-3-5-13(11(10)2)14(17)16-8-6-12(15)7-9-16/h3-5,12H,6-9H2,1-2H3. The summed E-state index contributed by atoms with van der Waals surface area (Å²) >= 11 is 3.61. The Kier molecular flexibility index (Phi) is 3.87. The van der Waals surface area contributed by atoms with Gasteiger partial charge in [-0.1, -0.05) is 28.1 Å². The molecule has 0 atom stereocenters. The minimum absolute atomic E-state index is 0.186. The fraction of sp³-hybridized carbons (Fsp3) is 0.500. The van der Waals surface area contributed by atoms with Crippen molar-refractivity contribution in [3.8, 4) is 0 Å². The number of halogens is 1. The Morgan fingerprint density at radius 1 is 1.29 bits per heavy atom. The summed E-state index contributed by atoms with van der Waals surface area (Å²) in [7, 11) is 0. The van der Waals surface area contributed by atoms with E-state index in [1.807, 2.05) is 24.0 Å². The highest BCUT2D eigenvalue weighted by Crippen LogP contribution is 2.21. The average Bonchev–Trinajstić information content (AvgIpc) is 2.33. The van der Waals surface area contributed by atoms with Gasteiger partial charge in [0, 0.05) is 23.5 Å². The fourth-order valence-electron chi connectivity index (χ4n) is 2.20. The third kappa shape index (κ3) is 2.71. The molecule has 0 unspecified atom stereocenters. The Bertz CT molecular complexity index is 422. The number of rotatable bonds is 1. The molecule has 1 heterocycles. The normalized spacial score (nSPS) is 17.2. The molecule has 2 nitrogen and oxygen atoms in total. The number of carbonyl (C=O) groups excluding carboxylic acids is 1. The molecule has 0 radical (unpaired) electrons. The van der Waals surface area contributed by atoms with Gasteiger partial charge in [0.15, 0.2) is 0 Å². The molecule has 1 aromatic rings. The lowest BCUT2D eigenvalue weighted by Crippen LogP contribution is -2.39. The number of nitrogens with zero attached hydrogens (tertiary/aromatic N) is 1. The first-order chi connectivity index (χ1) is 8.09. The first kappa shape index (κ1) is 12.6. The van der Waals surface area contributed by atoms with Crippen molar-refractivity contribution in [2.24, 2.45) is 0 Å². The van der Waals surface area contributed by atoms with Crippen molar-refractivity contribution < 1.29 is 4.79 Å². The highest BCUT2D eigenvalue weighted by atomic mass is 79.9. The zero-order chi connectivity index (χ0) is 12.4. The molecule has 0 aliphatic carbocycles. The number of carbonyl (C=O) groups is 1. The van der Waals surface area contributed by atoms with Gasteiger partial charge in [-0.25, -0.2) is 0 Å². The van der Waals surface area contributed by atoms with E-state index >= 15 is 0 Å². The predicted octanol–water partition coefficient (Wildman–Crippen LogP) is 3.30. The van der Waals surface area contributed by atoms with E-state index in [1.54, 1.807) is 0 Å². The number of piperidine rings is 1. The topological polar surface area (TPSA) is 20.3 Å². The Morgan fingerprint density at radius 2 is 1.94 bits per heavy atom. The van der Waals surface area contributed by atoms with Crippen molar-refractivity contribution in [3.63, 3.8) is 0 Å². The third-order valence-electron chi connectivity index (χ3n) is 3.55. The van der Waals surface area contributed by atoms with Crippen molar-refractivity contribution in [2.45, 2.75) is 31.5 Å². The summed E-state index contributed by atoms with van der Waals surface area (Å²) in [6.07, 6.45) is 2.10. The maximum Gasteiger partial charge on any atom is 0.254 e. The van der Waals surface area contributed by atoms with Crippen LogP contribution in [0.2, 0.25) is 0 Å². The maximum atomic E-state index is 12.4. The molecule has 0 aromatic heterocycles. The monoisotopic (exact) mass is 295 g/mol. The Hall–Kier alpha value is -0.830. The molecule has 92 valence electrons. The van der Waals surface area contributed by atoms with Gasteiger partial charge in [-0.3, -0.25) is 4.79 Å². The smallest absolute Gasteiger partial charge is 0.254 e. The second kappa shape index (κ2) is 5.21. The zero-order valence-electron chi connectivity index (χ0n) is 10.4. The highest BCUT2D eigenvalue weighted by Gasteiger charge is 2.23. The van der Waals surface area contributed by atoms with E-state index in [0.717, 1.165) is 37.1 Å². The number of hydrogen-bond donors (Lipinski definition) is 0. The van der Waals surface area contributed by atoms with E-state index in [1.165, 1.54) is 5.56 Å². The van der Waals surface area contributed by atoms with E-state index in [0.29, 0.717) is 4.83 Å². The van der Waals surface area contributed by atoms with Crippen LogP contribution in [-0.4, -0.2) is 28.7 Å². The van der Waals surface area contributed by atoms with Gasteiger partial charge in [0.05, 0.1) is 0 Å². The first-order valence-electron chi connectivity index (χ1n) is 6.09. The third-order valence-corrected chi connectivity index (χ3v) is 4.46. The number of hydrogen-bond acceptors (Lipinski definition) is 1. The Labute approximate surface area is 111 Å². The van der Waals surface area contributed by atoms with Crippen LogP contribution in [0, 0.1) is 13.8 Å². The van der Waals surface area contributed by atoms with Crippen LogP contribution in [0.3, 0.4) is 0 Å². The van der Waals surface area contributed by atoms with Gasteiger partial charge >= 0.3 is 0 Å². The summed E-state index contributed by atoms with van der Waals surface area (Å²) in [4.78, 5) is 14.9. The molecular weight excluding hydrogens is 278 g/mol. The van der Waals surface area contributed by atoms with E-state index in [4.69, 9.17) is 0 Å². The van der Waals surface area contributed by atoms with Gasteiger partial charge in [0.25, 0.3) is 5.91 Å². The van der Waals surface area contributed by atoms with Crippen LogP contribution in [-0.2, 0) is 0 Å². The number of benzene rings is 1. The van der Waals surface area contributed by atoms with Crippen molar-refractivity contribution in [1.29, 1.82) is 0 Å². The molecule has 1 amide bonds. The molecule has 0 N–H and O–H groups in total. The van der Waals surface area contributed by atoms with Crippen LogP contribution < -0.4 is 0 Å². The number of amides is 1. The largest absolute Gasteiger partial charge is 0.339 e. The number of alkyl halides is 1. The van der Waals surface area contributed by atoms with Gasteiger partial charge in [-0.2, -0.15) is 0 Å². The molecule has 0 saturated carbocycles. The minimum Gasteiger partial charge on any atom is -0.339 e. The van der Waals surface area contributed by atoms with Gasteiger partial charge in [-0.05, 0) is 43.9 Å². The van der Waals surface area contributed by atoms with Crippen LogP contribution in [0.25, 0.3) is 0 Å². The van der Waals surface area contributed by atoms with Crippen molar-refractivity contribution in [2.75, 3.05) is 13.1 Å². The lowest BCUT2D eigenvalue weighted by atomic mass is 10.0. The van der Waals surface area contributed by atoms with Crippen LogP contribution in [0.4, 0.5) is 0 Å². The summed E-state index contributed by atoms with van der Waals surface area (Å²) in [5.74, 6) is 0.186. The fourth-order valence-corrected chi connectivity index (χ4v) is 2.61. The summed E-state index contributed by atoms with van der Waals surface area (Å²) in [5.41, 5.74) is 3.16. The molecule has 1 aliphatic rings. The Balaban J connectivity index is 2.17. The summed E-state index contributed by atoms with van der Waals surface area (Å²) in [6, 6.07) is 5.95. The summed E-state index contributed by atoms with van der Waals surface area (Å²) < 4.78 is 0. The minimum atomic E-state index is 0.186. The molecule has 1 saturated heterocycles. The van der Waals surface area contributed by atoms with Crippen molar-refractivity contribution in [1.82, 2.24) is 4.90 Å². The van der Waals surface area contributed by atoms with Crippen LogP contribution in [0.1, 0.15) is 34.3 Å². The summed E-state index contributed by atoms with van der Waals surface area (Å²) in [6.45, 7) is 5.81. The average molecular weight is 296 g/mol. The lowest BCUT2D eigenvalue weighted by molar-refractivity contribution is 0.0727. The van der Waals surface area contributed by atoms with Gasteiger partial charge in [0.2, 0.25) is 0 Å². The quantitative estimate of drug-likeness (QED) is 0.728. The van der Waals surface area contributed by atoms with E-state index in [-0.39, 0.29) is 5.91 Å². The second-order valence-electron chi connectivity index (χ2n) is 4.71. The zero-order valence-corrected chi connectivity index (χ0v) is 12.0.